The number of aryl methyl sites for hydroxylation is 2. The summed E-state index contributed by atoms with van der Waals surface area (Å²) in [6, 6.07) is 6.96. The number of H-pyrrole nitrogens is 1. The summed E-state index contributed by atoms with van der Waals surface area (Å²) in [6.07, 6.45) is 0. The van der Waals surface area contributed by atoms with Crippen molar-refractivity contribution in [2.75, 3.05) is 0 Å². The number of aromatic amines is 1. The summed E-state index contributed by atoms with van der Waals surface area (Å²) >= 11 is 0. The third-order valence-electron chi connectivity index (χ3n) is 2.84. The maximum Gasteiger partial charge on any atom is 0.216 e. The molecule has 2 rings (SSSR count). The van der Waals surface area contributed by atoms with Crippen molar-refractivity contribution in [1.29, 1.82) is 0 Å². The summed E-state index contributed by atoms with van der Waals surface area (Å²) in [5, 5.41) is 6.65. The van der Waals surface area contributed by atoms with Gasteiger partial charge in [0.05, 0.1) is 11.8 Å². The number of rotatable bonds is 5. The first kappa shape index (κ1) is 14.7. The van der Waals surface area contributed by atoms with Crippen molar-refractivity contribution in [3.63, 3.8) is 0 Å². The van der Waals surface area contributed by atoms with E-state index in [1.165, 1.54) is 0 Å². The normalized spacial score (nSPS) is 13.3. The fraction of sp³-hybridized carbons (Fsp3) is 0.385. The molecule has 1 heterocycles. The van der Waals surface area contributed by atoms with Gasteiger partial charge in [0.2, 0.25) is 10.0 Å². The van der Waals surface area contributed by atoms with Gasteiger partial charge in [0.25, 0.3) is 0 Å². The third kappa shape index (κ3) is 3.88. The second-order valence-electron chi connectivity index (χ2n) is 4.86. The van der Waals surface area contributed by atoms with Crippen LogP contribution in [-0.4, -0.2) is 23.6 Å². The van der Waals surface area contributed by atoms with E-state index in [-0.39, 0.29) is 5.75 Å². The van der Waals surface area contributed by atoms with Crippen LogP contribution >= 0.6 is 0 Å². The monoisotopic (exact) mass is 294 g/mol. The number of aromatic nitrogens is 3. The molecule has 20 heavy (non-hydrogen) atoms. The van der Waals surface area contributed by atoms with E-state index in [1.54, 1.807) is 13.8 Å². The Morgan fingerprint density at radius 3 is 2.45 bits per heavy atom. The average molecular weight is 294 g/mol. The molecule has 0 bridgehead atoms. The molecule has 2 aromatic rings. The first-order valence-corrected chi connectivity index (χ1v) is 7.95. The quantitative estimate of drug-likeness (QED) is 0.876. The Kier molecular flexibility index (Phi) is 4.20. The van der Waals surface area contributed by atoms with Crippen LogP contribution in [0.1, 0.15) is 35.7 Å². The van der Waals surface area contributed by atoms with Crippen molar-refractivity contribution in [3.8, 4) is 0 Å². The maximum atomic E-state index is 12.1. The smallest absolute Gasteiger partial charge is 0.216 e. The highest BCUT2D eigenvalue weighted by Crippen LogP contribution is 2.12. The number of hydrogen-bond donors (Lipinski definition) is 2. The Morgan fingerprint density at radius 1 is 1.25 bits per heavy atom. The van der Waals surface area contributed by atoms with Gasteiger partial charge in [-0.15, -0.1) is 0 Å². The lowest BCUT2D eigenvalue weighted by atomic mass is 10.2. The summed E-state index contributed by atoms with van der Waals surface area (Å²) in [7, 11) is -3.43. The van der Waals surface area contributed by atoms with Crippen LogP contribution in [0.4, 0.5) is 0 Å². The molecule has 0 aliphatic heterocycles. The second kappa shape index (κ2) is 5.72. The van der Waals surface area contributed by atoms with Crippen molar-refractivity contribution < 1.29 is 8.42 Å². The van der Waals surface area contributed by atoms with Gasteiger partial charge in [0, 0.05) is 0 Å². The standard InChI is InChI=1S/C13H18N4O2S/c1-9-4-6-12(7-5-9)8-20(18,19)17-10(2)13-14-11(3)15-16-13/h4-7,10,17H,8H2,1-3H3,(H,14,15,16)/t10-/m1/s1. The van der Waals surface area contributed by atoms with Gasteiger partial charge >= 0.3 is 0 Å². The predicted molar refractivity (Wildman–Crippen MR) is 76.5 cm³/mol. The lowest BCUT2D eigenvalue weighted by Gasteiger charge is -2.11. The molecule has 6 nitrogen and oxygen atoms in total. The Labute approximate surface area is 118 Å². The van der Waals surface area contributed by atoms with Gasteiger partial charge in [-0.2, -0.15) is 5.10 Å². The number of nitrogens with zero attached hydrogens (tertiary/aromatic N) is 2. The predicted octanol–water partition coefficient (Wildman–Crippen LogP) is 1.60. The van der Waals surface area contributed by atoms with Crippen LogP contribution in [0, 0.1) is 13.8 Å². The van der Waals surface area contributed by atoms with E-state index in [1.807, 2.05) is 31.2 Å². The van der Waals surface area contributed by atoms with Crippen LogP contribution in [0.25, 0.3) is 0 Å². The molecule has 1 aromatic carbocycles. The molecule has 7 heteroatoms. The van der Waals surface area contributed by atoms with Crippen molar-refractivity contribution in [1.82, 2.24) is 19.9 Å². The van der Waals surface area contributed by atoms with Crippen molar-refractivity contribution in [2.45, 2.75) is 32.6 Å². The van der Waals surface area contributed by atoms with Crippen LogP contribution in [-0.2, 0) is 15.8 Å². The molecular formula is C13H18N4O2S. The highest BCUT2D eigenvalue weighted by molar-refractivity contribution is 7.88. The maximum absolute atomic E-state index is 12.1. The van der Waals surface area contributed by atoms with Gasteiger partial charge in [-0.1, -0.05) is 29.8 Å². The van der Waals surface area contributed by atoms with Gasteiger partial charge in [0.15, 0.2) is 5.82 Å². The van der Waals surface area contributed by atoms with Gasteiger partial charge in [-0.05, 0) is 26.3 Å². The molecule has 0 aliphatic rings. The van der Waals surface area contributed by atoms with Crippen LogP contribution < -0.4 is 4.72 Å². The molecule has 0 radical (unpaired) electrons. The zero-order valence-corrected chi connectivity index (χ0v) is 12.5. The summed E-state index contributed by atoms with van der Waals surface area (Å²) in [5.74, 6) is 1.04. The van der Waals surface area contributed by atoms with E-state index in [9.17, 15) is 8.42 Å². The van der Waals surface area contributed by atoms with E-state index in [2.05, 4.69) is 19.9 Å². The van der Waals surface area contributed by atoms with Crippen LogP contribution in [0.3, 0.4) is 0 Å². The summed E-state index contributed by atoms with van der Waals surface area (Å²) in [4.78, 5) is 4.12. The van der Waals surface area contributed by atoms with E-state index < -0.39 is 16.1 Å². The lowest BCUT2D eigenvalue weighted by molar-refractivity contribution is 0.559. The van der Waals surface area contributed by atoms with Gasteiger partial charge in [-0.3, -0.25) is 5.10 Å². The van der Waals surface area contributed by atoms with Crippen LogP contribution in [0.15, 0.2) is 24.3 Å². The zero-order valence-electron chi connectivity index (χ0n) is 11.7. The molecule has 0 fully saturated rings. The van der Waals surface area contributed by atoms with Gasteiger partial charge in [0.1, 0.15) is 5.82 Å². The summed E-state index contributed by atoms with van der Waals surface area (Å²) in [5.41, 5.74) is 1.85. The topological polar surface area (TPSA) is 87.7 Å². The third-order valence-corrected chi connectivity index (χ3v) is 4.26. The van der Waals surface area contributed by atoms with Crippen molar-refractivity contribution in [3.05, 3.63) is 47.0 Å². The number of benzene rings is 1. The second-order valence-corrected chi connectivity index (χ2v) is 6.62. The summed E-state index contributed by atoms with van der Waals surface area (Å²) < 4.78 is 26.8. The molecule has 0 amide bonds. The number of sulfonamides is 1. The molecule has 1 aromatic heterocycles. The first-order valence-electron chi connectivity index (χ1n) is 6.30. The van der Waals surface area contributed by atoms with Crippen LogP contribution in [0.5, 0.6) is 0 Å². The minimum atomic E-state index is -3.43. The Morgan fingerprint density at radius 2 is 1.90 bits per heavy atom. The largest absolute Gasteiger partial charge is 0.263 e. The molecule has 0 unspecified atom stereocenters. The Balaban J connectivity index is 2.05. The molecule has 1 atom stereocenters. The van der Waals surface area contributed by atoms with Gasteiger partial charge < -0.3 is 0 Å². The van der Waals surface area contributed by atoms with E-state index >= 15 is 0 Å². The molecule has 0 saturated heterocycles. The van der Waals surface area contributed by atoms with Crippen molar-refractivity contribution in [2.24, 2.45) is 0 Å². The van der Waals surface area contributed by atoms with Crippen molar-refractivity contribution >= 4 is 10.0 Å². The molecule has 108 valence electrons. The zero-order chi connectivity index (χ0) is 14.8. The fourth-order valence-electron chi connectivity index (χ4n) is 1.82. The highest BCUT2D eigenvalue weighted by Gasteiger charge is 2.19. The van der Waals surface area contributed by atoms with E-state index in [0.717, 1.165) is 11.1 Å². The first-order chi connectivity index (χ1) is 9.35. The molecule has 2 N–H and O–H groups in total. The average Bonchev–Trinajstić information content (AvgIpc) is 2.78. The highest BCUT2D eigenvalue weighted by atomic mass is 32.2. The SMILES string of the molecule is Cc1ccc(CS(=O)(=O)N[C@H](C)c2n[nH]c(C)n2)cc1. The lowest BCUT2D eigenvalue weighted by Crippen LogP contribution is -2.28. The summed E-state index contributed by atoms with van der Waals surface area (Å²) in [6.45, 7) is 5.45. The molecule has 0 saturated carbocycles. The number of nitrogens with one attached hydrogen (secondary N) is 2. The Hall–Kier alpha value is -1.73. The van der Waals surface area contributed by atoms with Crippen LogP contribution in [0.2, 0.25) is 0 Å². The Bertz CT molecular complexity index is 677. The molecular weight excluding hydrogens is 276 g/mol. The minimum Gasteiger partial charge on any atom is -0.263 e. The van der Waals surface area contributed by atoms with Gasteiger partial charge in [-0.25, -0.2) is 18.1 Å². The molecule has 0 spiro atoms. The van der Waals surface area contributed by atoms with E-state index in [4.69, 9.17) is 0 Å². The number of hydrogen-bond acceptors (Lipinski definition) is 4. The fourth-order valence-corrected chi connectivity index (χ4v) is 3.18. The van der Waals surface area contributed by atoms with E-state index in [0.29, 0.717) is 11.6 Å². The minimum absolute atomic E-state index is 0.0545. The molecule has 0 aliphatic carbocycles.